The lowest BCUT2D eigenvalue weighted by Gasteiger charge is -2.32. The molecule has 124 valence electrons. The van der Waals surface area contributed by atoms with Gasteiger partial charge >= 0.3 is 0 Å². The highest BCUT2D eigenvalue weighted by Crippen LogP contribution is 2.33. The summed E-state index contributed by atoms with van der Waals surface area (Å²) < 4.78 is 5.33. The molecule has 0 spiro atoms. The molecule has 2 aromatic heterocycles. The number of likely N-dealkylation sites (tertiary alicyclic amines) is 1. The number of hydrogen-bond acceptors (Lipinski definition) is 4. The van der Waals surface area contributed by atoms with Crippen molar-refractivity contribution in [3.63, 3.8) is 0 Å². The minimum absolute atomic E-state index is 0.476. The Kier molecular flexibility index (Phi) is 4.17. The van der Waals surface area contributed by atoms with E-state index < -0.39 is 0 Å². The molecule has 1 saturated heterocycles. The zero-order valence-electron chi connectivity index (χ0n) is 13.9. The molecule has 24 heavy (non-hydrogen) atoms. The van der Waals surface area contributed by atoms with Crippen LogP contribution in [0.3, 0.4) is 0 Å². The molecule has 1 aromatic carbocycles. The second kappa shape index (κ2) is 6.61. The number of nitrogens with one attached hydrogen (secondary N) is 1. The molecule has 1 fully saturated rings. The molecule has 0 radical (unpaired) electrons. The molecular weight excluding hydrogens is 300 g/mol. The summed E-state index contributed by atoms with van der Waals surface area (Å²) in [4.78, 5) is 6.89. The van der Waals surface area contributed by atoms with E-state index in [2.05, 4.69) is 44.3 Å². The Morgan fingerprint density at radius 3 is 2.96 bits per heavy atom. The van der Waals surface area contributed by atoms with E-state index in [-0.39, 0.29) is 0 Å². The van der Waals surface area contributed by atoms with Crippen molar-refractivity contribution in [2.75, 3.05) is 13.1 Å². The van der Waals surface area contributed by atoms with Gasteiger partial charge in [0.05, 0.1) is 11.9 Å². The van der Waals surface area contributed by atoms with Crippen LogP contribution in [-0.4, -0.2) is 33.2 Å². The normalized spacial score (nSPS) is 18.8. The summed E-state index contributed by atoms with van der Waals surface area (Å²) in [6.45, 7) is 4.87. The number of piperidine rings is 1. The quantitative estimate of drug-likeness (QED) is 0.795. The lowest BCUT2D eigenvalue weighted by atomic mass is 9.90. The maximum Gasteiger partial charge on any atom is 0.191 e. The number of aromatic nitrogens is 3. The monoisotopic (exact) mass is 322 g/mol. The molecule has 3 heterocycles. The van der Waals surface area contributed by atoms with Crippen molar-refractivity contribution in [1.82, 2.24) is 20.1 Å². The van der Waals surface area contributed by atoms with Gasteiger partial charge in [0.25, 0.3) is 0 Å². The zero-order valence-corrected chi connectivity index (χ0v) is 13.9. The maximum absolute atomic E-state index is 5.33. The van der Waals surface area contributed by atoms with Crippen LogP contribution >= 0.6 is 0 Å². The summed E-state index contributed by atoms with van der Waals surface area (Å²) in [5, 5.41) is 7.57. The molecule has 5 nitrogen and oxygen atoms in total. The molecule has 0 unspecified atom stereocenters. The summed E-state index contributed by atoms with van der Waals surface area (Å²) in [5.74, 6) is 1.21. The summed E-state index contributed by atoms with van der Waals surface area (Å²) in [6.07, 6.45) is 6.10. The number of oxazole rings is 1. The third-order valence-electron chi connectivity index (χ3n) is 4.72. The fourth-order valence-corrected chi connectivity index (χ4v) is 3.60. The Hall–Kier alpha value is -2.40. The van der Waals surface area contributed by atoms with Crippen LogP contribution in [-0.2, 0) is 6.54 Å². The van der Waals surface area contributed by atoms with Crippen molar-refractivity contribution in [1.29, 1.82) is 0 Å². The first-order chi connectivity index (χ1) is 11.8. The van der Waals surface area contributed by atoms with Gasteiger partial charge in [-0.3, -0.25) is 10.00 Å². The van der Waals surface area contributed by atoms with Crippen LogP contribution in [0, 0.1) is 6.92 Å². The molecule has 5 heteroatoms. The van der Waals surface area contributed by atoms with Gasteiger partial charge in [-0.2, -0.15) is 5.10 Å². The number of benzene rings is 1. The highest BCUT2D eigenvalue weighted by molar-refractivity contribution is 5.65. The van der Waals surface area contributed by atoms with Crippen molar-refractivity contribution in [3.05, 3.63) is 60.1 Å². The number of nitrogens with zero attached hydrogens (tertiary/aromatic N) is 3. The lowest BCUT2D eigenvalue weighted by Crippen LogP contribution is -2.34. The average molecular weight is 322 g/mol. The minimum Gasteiger partial charge on any atom is -0.449 e. The van der Waals surface area contributed by atoms with E-state index in [9.17, 15) is 0 Å². The predicted octanol–water partition coefficient (Wildman–Crippen LogP) is 3.75. The summed E-state index contributed by atoms with van der Waals surface area (Å²) in [6, 6.07) is 10.5. The summed E-state index contributed by atoms with van der Waals surface area (Å²) >= 11 is 0. The second-order valence-corrected chi connectivity index (χ2v) is 6.50. The first-order valence-electron chi connectivity index (χ1n) is 8.51. The van der Waals surface area contributed by atoms with Crippen molar-refractivity contribution >= 4 is 0 Å². The van der Waals surface area contributed by atoms with E-state index in [1.165, 1.54) is 29.7 Å². The molecule has 3 aromatic rings. The molecule has 0 bridgehead atoms. The van der Waals surface area contributed by atoms with Crippen LogP contribution in [0.15, 0.2) is 47.2 Å². The van der Waals surface area contributed by atoms with E-state index in [0.29, 0.717) is 5.92 Å². The standard InChI is InChI=1S/C19H22N4O/c1-14-21-17(13-24-14)12-23-9-5-8-16(11-23)19-18(10-20-22-19)15-6-3-2-4-7-15/h2-4,6-7,10,13,16H,5,8-9,11-12H2,1H3,(H,20,22)/t16-/m0/s1. The van der Waals surface area contributed by atoms with Gasteiger partial charge < -0.3 is 4.42 Å². The van der Waals surface area contributed by atoms with Crippen LogP contribution < -0.4 is 0 Å². The number of H-pyrrole nitrogens is 1. The van der Waals surface area contributed by atoms with E-state index in [1.807, 2.05) is 19.2 Å². The number of hydrogen-bond donors (Lipinski definition) is 1. The number of rotatable bonds is 4. The molecule has 0 amide bonds. The van der Waals surface area contributed by atoms with Gasteiger partial charge in [-0.15, -0.1) is 0 Å². The Balaban J connectivity index is 1.52. The molecule has 1 aliphatic heterocycles. The molecular formula is C19H22N4O. The highest BCUT2D eigenvalue weighted by Gasteiger charge is 2.25. The molecule has 0 saturated carbocycles. The largest absolute Gasteiger partial charge is 0.449 e. The van der Waals surface area contributed by atoms with Crippen LogP contribution in [0.25, 0.3) is 11.1 Å². The SMILES string of the molecule is Cc1nc(CN2CCC[C@H](c3[nH]ncc3-c3ccccc3)C2)co1. The van der Waals surface area contributed by atoms with Crippen molar-refractivity contribution in [2.24, 2.45) is 0 Å². The smallest absolute Gasteiger partial charge is 0.191 e. The molecule has 1 N–H and O–H groups in total. The van der Waals surface area contributed by atoms with Crippen LogP contribution in [0.5, 0.6) is 0 Å². The van der Waals surface area contributed by atoms with Gasteiger partial charge in [0.15, 0.2) is 5.89 Å². The average Bonchev–Trinajstić information content (AvgIpc) is 3.25. The third kappa shape index (κ3) is 3.12. The fourth-order valence-electron chi connectivity index (χ4n) is 3.60. The summed E-state index contributed by atoms with van der Waals surface area (Å²) in [7, 11) is 0. The van der Waals surface area contributed by atoms with Gasteiger partial charge in [0.1, 0.15) is 6.26 Å². The van der Waals surface area contributed by atoms with Gasteiger partial charge in [-0.25, -0.2) is 4.98 Å². The minimum atomic E-state index is 0.476. The first-order valence-corrected chi connectivity index (χ1v) is 8.51. The van der Waals surface area contributed by atoms with Crippen LogP contribution in [0.1, 0.15) is 36.0 Å². The van der Waals surface area contributed by atoms with E-state index in [1.54, 1.807) is 6.26 Å². The molecule has 4 rings (SSSR count). The fraction of sp³-hybridized carbons (Fsp3) is 0.368. The van der Waals surface area contributed by atoms with Crippen LogP contribution in [0.4, 0.5) is 0 Å². The highest BCUT2D eigenvalue weighted by atomic mass is 16.3. The van der Waals surface area contributed by atoms with E-state index in [0.717, 1.165) is 31.2 Å². The Bertz CT molecular complexity index is 793. The third-order valence-corrected chi connectivity index (χ3v) is 4.72. The van der Waals surface area contributed by atoms with Crippen LogP contribution in [0.2, 0.25) is 0 Å². The first kappa shape index (κ1) is 15.1. The lowest BCUT2D eigenvalue weighted by molar-refractivity contribution is 0.196. The number of aryl methyl sites for hydroxylation is 1. The van der Waals surface area contributed by atoms with E-state index >= 15 is 0 Å². The van der Waals surface area contributed by atoms with Crippen molar-refractivity contribution < 1.29 is 4.42 Å². The van der Waals surface area contributed by atoms with Crippen molar-refractivity contribution in [3.8, 4) is 11.1 Å². The Morgan fingerprint density at radius 1 is 1.29 bits per heavy atom. The summed E-state index contributed by atoms with van der Waals surface area (Å²) in [5.41, 5.74) is 4.72. The van der Waals surface area contributed by atoms with E-state index in [4.69, 9.17) is 4.42 Å². The van der Waals surface area contributed by atoms with Crippen molar-refractivity contribution in [2.45, 2.75) is 32.2 Å². The number of aromatic amines is 1. The van der Waals surface area contributed by atoms with Gasteiger partial charge in [-0.05, 0) is 24.9 Å². The van der Waals surface area contributed by atoms with Gasteiger partial charge in [0, 0.05) is 37.2 Å². The maximum atomic E-state index is 5.33. The van der Waals surface area contributed by atoms with Gasteiger partial charge in [-0.1, -0.05) is 30.3 Å². The molecule has 0 aliphatic carbocycles. The van der Waals surface area contributed by atoms with Gasteiger partial charge in [0.2, 0.25) is 0 Å². The molecule has 1 aliphatic rings. The Morgan fingerprint density at radius 2 is 2.17 bits per heavy atom. The topological polar surface area (TPSA) is 58.0 Å². The second-order valence-electron chi connectivity index (χ2n) is 6.50. The predicted molar refractivity (Wildman–Crippen MR) is 92.5 cm³/mol. The Labute approximate surface area is 141 Å². The molecule has 1 atom stereocenters. The zero-order chi connectivity index (χ0) is 16.4.